The van der Waals surface area contributed by atoms with Crippen molar-refractivity contribution in [2.75, 3.05) is 26.2 Å². The number of aromatic nitrogens is 2. The molecule has 0 atom stereocenters. The van der Waals surface area contributed by atoms with E-state index in [2.05, 4.69) is 50.0 Å². The molecule has 130 valence electrons. The van der Waals surface area contributed by atoms with Crippen LogP contribution in [-0.2, 0) is 0 Å². The Hall–Kier alpha value is -2.05. The maximum atomic E-state index is 12.6. The molecule has 0 aliphatic carbocycles. The number of nitrogens with zero attached hydrogens (tertiary/aromatic N) is 3. The summed E-state index contributed by atoms with van der Waals surface area (Å²) in [7, 11) is 0. The topological polar surface area (TPSA) is 58.1 Å². The number of nitrogens with one attached hydrogen (secondary N) is 1. The third-order valence-electron chi connectivity index (χ3n) is 4.28. The van der Waals surface area contributed by atoms with Gasteiger partial charge in [0.15, 0.2) is 0 Å². The maximum Gasteiger partial charge on any atom is 0.253 e. The van der Waals surface area contributed by atoms with Gasteiger partial charge in [-0.05, 0) is 43.4 Å². The first-order chi connectivity index (χ1) is 12.1. The summed E-state index contributed by atoms with van der Waals surface area (Å²) in [6.07, 6.45) is 0. The Bertz CT molecular complexity index is 908. The first-order valence-corrected chi connectivity index (χ1v) is 9.28. The van der Waals surface area contributed by atoms with Gasteiger partial charge in [0.1, 0.15) is 5.52 Å². The SMILES string of the molecule is CCN(CC)CCNC(=O)c1cccc2nc3cc(Br)ccc3nc12. The van der Waals surface area contributed by atoms with Gasteiger partial charge in [0.25, 0.3) is 5.91 Å². The monoisotopic (exact) mass is 400 g/mol. The zero-order valence-corrected chi connectivity index (χ0v) is 16.0. The molecule has 1 aromatic heterocycles. The first-order valence-electron chi connectivity index (χ1n) is 8.49. The number of para-hydroxylation sites is 1. The molecule has 1 N–H and O–H groups in total. The summed E-state index contributed by atoms with van der Waals surface area (Å²) in [4.78, 5) is 24.2. The number of rotatable bonds is 6. The highest BCUT2D eigenvalue weighted by Crippen LogP contribution is 2.22. The van der Waals surface area contributed by atoms with Gasteiger partial charge in [-0.1, -0.05) is 35.8 Å². The molecule has 6 heteroatoms. The number of benzene rings is 2. The van der Waals surface area contributed by atoms with Gasteiger partial charge in [-0.3, -0.25) is 4.79 Å². The predicted octanol–water partition coefficient (Wildman–Crippen LogP) is 3.62. The van der Waals surface area contributed by atoms with E-state index >= 15 is 0 Å². The molecule has 0 aliphatic heterocycles. The number of likely N-dealkylation sites (N-methyl/N-ethyl adjacent to an activating group) is 1. The maximum absolute atomic E-state index is 12.6. The fourth-order valence-corrected chi connectivity index (χ4v) is 3.16. The number of hydrogen-bond acceptors (Lipinski definition) is 4. The quantitative estimate of drug-likeness (QED) is 0.641. The minimum Gasteiger partial charge on any atom is -0.351 e. The average molecular weight is 401 g/mol. The highest BCUT2D eigenvalue weighted by molar-refractivity contribution is 9.10. The highest BCUT2D eigenvalue weighted by Gasteiger charge is 2.13. The van der Waals surface area contributed by atoms with Gasteiger partial charge >= 0.3 is 0 Å². The van der Waals surface area contributed by atoms with Gasteiger partial charge in [0, 0.05) is 17.6 Å². The second-order valence-electron chi connectivity index (χ2n) is 5.81. The Balaban J connectivity index is 1.88. The normalized spacial score (nSPS) is 11.4. The zero-order chi connectivity index (χ0) is 17.8. The second-order valence-corrected chi connectivity index (χ2v) is 6.73. The molecule has 25 heavy (non-hydrogen) atoms. The van der Waals surface area contributed by atoms with Crippen LogP contribution in [0.5, 0.6) is 0 Å². The third-order valence-corrected chi connectivity index (χ3v) is 4.77. The minimum absolute atomic E-state index is 0.108. The van der Waals surface area contributed by atoms with E-state index in [-0.39, 0.29) is 5.91 Å². The lowest BCUT2D eigenvalue weighted by atomic mass is 10.1. The molecule has 0 fully saturated rings. The van der Waals surface area contributed by atoms with Gasteiger partial charge in [0.2, 0.25) is 0 Å². The summed E-state index contributed by atoms with van der Waals surface area (Å²) in [6.45, 7) is 7.66. The second kappa shape index (κ2) is 7.89. The van der Waals surface area contributed by atoms with Crippen molar-refractivity contribution in [2.24, 2.45) is 0 Å². The van der Waals surface area contributed by atoms with Crippen LogP contribution in [0.4, 0.5) is 0 Å². The molecule has 3 aromatic rings. The van der Waals surface area contributed by atoms with Crippen LogP contribution < -0.4 is 5.32 Å². The van der Waals surface area contributed by atoms with Crippen molar-refractivity contribution in [1.29, 1.82) is 0 Å². The molecule has 0 spiro atoms. The summed E-state index contributed by atoms with van der Waals surface area (Å²) in [5, 5.41) is 2.99. The van der Waals surface area contributed by atoms with Gasteiger partial charge in [0.05, 0.1) is 22.1 Å². The molecular formula is C19H21BrN4O. The number of hydrogen-bond donors (Lipinski definition) is 1. The largest absolute Gasteiger partial charge is 0.351 e. The Morgan fingerprint density at radius 2 is 1.88 bits per heavy atom. The number of fused-ring (bicyclic) bond motifs is 2. The van der Waals surface area contributed by atoms with Crippen LogP contribution in [0.25, 0.3) is 22.1 Å². The summed E-state index contributed by atoms with van der Waals surface area (Å²) in [5.41, 5.74) is 3.51. The molecular weight excluding hydrogens is 380 g/mol. The van der Waals surface area contributed by atoms with Crippen LogP contribution in [0.1, 0.15) is 24.2 Å². The Morgan fingerprint density at radius 1 is 1.08 bits per heavy atom. The fourth-order valence-electron chi connectivity index (χ4n) is 2.82. The third kappa shape index (κ3) is 3.96. The Morgan fingerprint density at radius 3 is 2.64 bits per heavy atom. The van der Waals surface area contributed by atoms with Crippen LogP contribution in [0, 0.1) is 0 Å². The van der Waals surface area contributed by atoms with E-state index in [9.17, 15) is 4.79 Å². The lowest BCUT2D eigenvalue weighted by molar-refractivity contribution is 0.0950. The van der Waals surface area contributed by atoms with Gasteiger partial charge < -0.3 is 10.2 Å². The van der Waals surface area contributed by atoms with Crippen molar-refractivity contribution >= 4 is 43.9 Å². The van der Waals surface area contributed by atoms with E-state index in [1.807, 2.05) is 30.3 Å². The van der Waals surface area contributed by atoms with E-state index in [1.165, 1.54) is 0 Å². The molecule has 1 amide bonds. The van der Waals surface area contributed by atoms with Crippen molar-refractivity contribution < 1.29 is 4.79 Å². The number of carbonyl (C=O) groups excluding carboxylic acids is 1. The van der Waals surface area contributed by atoms with Crippen molar-refractivity contribution in [1.82, 2.24) is 20.2 Å². The van der Waals surface area contributed by atoms with Gasteiger partial charge in [-0.2, -0.15) is 0 Å². The summed E-state index contributed by atoms with van der Waals surface area (Å²) in [5.74, 6) is -0.108. The van der Waals surface area contributed by atoms with Crippen LogP contribution in [0.2, 0.25) is 0 Å². The van der Waals surface area contributed by atoms with E-state index < -0.39 is 0 Å². The van der Waals surface area contributed by atoms with Crippen LogP contribution in [-0.4, -0.2) is 47.0 Å². The Kier molecular flexibility index (Phi) is 5.60. The van der Waals surface area contributed by atoms with Crippen LogP contribution in [0.15, 0.2) is 40.9 Å². The molecule has 2 aromatic carbocycles. The smallest absolute Gasteiger partial charge is 0.253 e. The molecule has 0 bridgehead atoms. The summed E-state index contributed by atoms with van der Waals surface area (Å²) in [6, 6.07) is 11.3. The van der Waals surface area contributed by atoms with Crippen LogP contribution >= 0.6 is 15.9 Å². The van der Waals surface area contributed by atoms with Gasteiger partial charge in [-0.25, -0.2) is 9.97 Å². The first kappa shape index (κ1) is 17.8. The van der Waals surface area contributed by atoms with Crippen molar-refractivity contribution in [2.45, 2.75) is 13.8 Å². The highest BCUT2D eigenvalue weighted by atomic mass is 79.9. The van der Waals surface area contributed by atoms with Crippen molar-refractivity contribution in [3.05, 3.63) is 46.4 Å². The Labute approximate surface area is 155 Å². The van der Waals surface area contributed by atoms with E-state index in [0.29, 0.717) is 17.6 Å². The van der Waals surface area contributed by atoms with E-state index in [1.54, 1.807) is 6.07 Å². The molecule has 0 radical (unpaired) electrons. The number of carbonyl (C=O) groups is 1. The lowest BCUT2D eigenvalue weighted by Crippen LogP contribution is -2.34. The molecule has 0 saturated heterocycles. The predicted molar refractivity (Wildman–Crippen MR) is 105 cm³/mol. The molecule has 0 aliphatic rings. The van der Waals surface area contributed by atoms with Gasteiger partial charge in [-0.15, -0.1) is 0 Å². The van der Waals surface area contributed by atoms with Crippen molar-refractivity contribution in [3.63, 3.8) is 0 Å². The fraction of sp³-hybridized carbons (Fsp3) is 0.316. The number of amides is 1. The van der Waals surface area contributed by atoms with Crippen LogP contribution in [0.3, 0.4) is 0 Å². The molecule has 1 heterocycles. The lowest BCUT2D eigenvalue weighted by Gasteiger charge is -2.18. The average Bonchev–Trinajstić information content (AvgIpc) is 2.63. The minimum atomic E-state index is -0.108. The summed E-state index contributed by atoms with van der Waals surface area (Å²) >= 11 is 3.45. The van der Waals surface area contributed by atoms with E-state index in [0.717, 1.165) is 40.7 Å². The van der Waals surface area contributed by atoms with E-state index in [4.69, 9.17) is 0 Å². The number of halogens is 1. The molecule has 3 rings (SSSR count). The zero-order valence-electron chi connectivity index (χ0n) is 14.4. The standard InChI is InChI=1S/C19H21BrN4O/c1-3-24(4-2)11-10-21-19(25)14-6-5-7-16-18(14)23-15-9-8-13(20)12-17(15)22-16/h5-9,12H,3-4,10-11H2,1-2H3,(H,21,25). The summed E-state index contributed by atoms with van der Waals surface area (Å²) < 4.78 is 0.957. The molecule has 5 nitrogen and oxygen atoms in total. The van der Waals surface area contributed by atoms with Crippen molar-refractivity contribution in [3.8, 4) is 0 Å². The molecule has 0 unspecified atom stereocenters. The molecule has 0 saturated carbocycles.